The van der Waals surface area contributed by atoms with Gasteiger partial charge in [0.2, 0.25) is 11.8 Å². The van der Waals surface area contributed by atoms with E-state index in [1.807, 2.05) is 43.9 Å². The van der Waals surface area contributed by atoms with Crippen LogP contribution in [0.5, 0.6) is 5.75 Å². The Kier molecular flexibility index (Phi) is 7.29. The second-order valence-electron chi connectivity index (χ2n) is 6.50. The summed E-state index contributed by atoms with van der Waals surface area (Å²) >= 11 is 3.43. The van der Waals surface area contributed by atoms with Crippen LogP contribution in [0, 0.1) is 11.8 Å². The largest absolute Gasteiger partial charge is 0.492 e. The van der Waals surface area contributed by atoms with E-state index in [0.29, 0.717) is 24.6 Å². The molecule has 2 unspecified atom stereocenters. The van der Waals surface area contributed by atoms with Crippen LogP contribution >= 0.6 is 15.9 Å². The molecule has 0 aromatic heterocycles. The third-order valence-electron chi connectivity index (χ3n) is 4.64. The summed E-state index contributed by atoms with van der Waals surface area (Å²) in [7, 11) is 0. The highest BCUT2D eigenvalue weighted by molar-refractivity contribution is 9.10. The van der Waals surface area contributed by atoms with Gasteiger partial charge < -0.3 is 15.0 Å². The van der Waals surface area contributed by atoms with Crippen molar-refractivity contribution in [1.82, 2.24) is 4.90 Å². The zero-order valence-electron chi connectivity index (χ0n) is 15.2. The lowest BCUT2D eigenvalue weighted by molar-refractivity contribution is -0.138. The molecule has 2 atom stereocenters. The van der Waals surface area contributed by atoms with E-state index in [1.54, 1.807) is 0 Å². The molecule has 2 amide bonds. The maximum atomic E-state index is 12.7. The predicted molar refractivity (Wildman–Crippen MR) is 103 cm³/mol. The first kappa shape index (κ1) is 19.8. The van der Waals surface area contributed by atoms with Crippen molar-refractivity contribution < 1.29 is 14.3 Å². The number of amides is 2. The van der Waals surface area contributed by atoms with Gasteiger partial charge in [-0.15, -0.1) is 0 Å². The number of hydrogen-bond donors (Lipinski definition) is 1. The Bertz CT molecular complexity index is 621. The number of ether oxygens (including phenoxy) is 1. The molecule has 1 aromatic carbocycles. The Morgan fingerprint density at radius 1 is 1.40 bits per heavy atom. The number of carbonyl (C=O) groups is 2. The first-order valence-corrected chi connectivity index (χ1v) is 9.77. The van der Waals surface area contributed by atoms with Crippen molar-refractivity contribution in [3.8, 4) is 5.75 Å². The molecule has 1 aliphatic rings. The fourth-order valence-corrected chi connectivity index (χ4v) is 3.35. The van der Waals surface area contributed by atoms with Crippen LogP contribution in [0.2, 0.25) is 0 Å². The van der Waals surface area contributed by atoms with E-state index in [4.69, 9.17) is 4.74 Å². The third-order valence-corrected chi connectivity index (χ3v) is 5.13. The highest BCUT2D eigenvalue weighted by atomic mass is 79.9. The smallest absolute Gasteiger partial charge is 0.229 e. The molecule has 0 spiro atoms. The Labute approximate surface area is 158 Å². The summed E-state index contributed by atoms with van der Waals surface area (Å²) < 4.78 is 6.46. The van der Waals surface area contributed by atoms with Crippen LogP contribution in [0.1, 0.15) is 40.0 Å². The van der Waals surface area contributed by atoms with Gasteiger partial charge in [-0.25, -0.2) is 0 Å². The SMILES string of the molecule is CCOc1ccc(Br)cc1NC(=O)C1CCCN(C(=O)C(C)CC)C1. The molecule has 1 saturated heterocycles. The van der Waals surface area contributed by atoms with Crippen LogP contribution in [-0.4, -0.2) is 36.4 Å². The molecule has 0 bridgehead atoms. The number of piperidine rings is 1. The number of nitrogens with one attached hydrogen (secondary N) is 1. The molecule has 1 aromatic rings. The average molecular weight is 411 g/mol. The number of hydrogen-bond acceptors (Lipinski definition) is 3. The van der Waals surface area contributed by atoms with E-state index in [0.717, 1.165) is 30.3 Å². The van der Waals surface area contributed by atoms with Crippen molar-refractivity contribution >= 4 is 33.4 Å². The molecule has 0 saturated carbocycles. The second-order valence-corrected chi connectivity index (χ2v) is 7.41. The van der Waals surface area contributed by atoms with Crippen LogP contribution < -0.4 is 10.1 Å². The third kappa shape index (κ3) is 5.21. The molecular formula is C19H27BrN2O3. The van der Waals surface area contributed by atoms with E-state index in [1.165, 1.54) is 0 Å². The summed E-state index contributed by atoms with van der Waals surface area (Å²) in [4.78, 5) is 27.0. The molecule has 0 radical (unpaired) electrons. The van der Waals surface area contributed by atoms with E-state index < -0.39 is 0 Å². The van der Waals surface area contributed by atoms with Crippen molar-refractivity contribution in [2.45, 2.75) is 40.0 Å². The Balaban J connectivity index is 2.05. The lowest BCUT2D eigenvalue weighted by Gasteiger charge is -2.33. The Morgan fingerprint density at radius 3 is 2.84 bits per heavy atom. The van der Waals surface area contributed by atoms with Crippen LogP contribution in [0.25, 0.3) is 0 Å². The monoisotopic (exact) mass is 410 g/mol. The highest BCUT2D eigenvalue weighted by Crippen LogP contribution is 2.29. The van der Waals surface area contributed by atoms with Gasteiger partial charge in [0.05, 0.1) is 18.2 Å². The minimum atomic E-state index is -0.185. The summed E-state index contributed by atoms with van der Waals surface area (Å²) in [5.74, 6) is 0.576. The number of likely N-dealkylation sites (tertiary alicyclic amines) is 1. The normalized spacial score (nSPS) is 18.6. The van der Waals surface area contributed by atoms with Gasteiger partial charge in [-0.2, -0.15) is 0 Å². The minimum absolute atomic E-state index is 0.0106. The molecule has 138 valence electrons. The lowest BCUT2D eigenvalue weighted by atomic mass is 9.95. The summed E-state index contributed by atoms with van der Waals surface area (Å²) in [5.41, 5.74) is 0.659. The number of anilines is 1. The van der Waals surface area contributed by atoms with Crippen molar-refractivity contribution in [1.29, 1.82) is 0 Å². The van der Waals surface area contributed by atoms with Crippen molar-refractivity contribution in [2.24, 2.45) is 11.8 Å². The van der Waals surface area contributed by atoms with Gasteiger partial charge in [0.1, 0.15) is 5.75 Å². The lowest BCUT2D eigenvalue weighted by Crippen LogP contribution is -2.45. The van der Waals surface area contributed by atoms with E-state index in [9.17, 15) is 9.59 Å². The van der Waals surface area contributed by atoms with Gasteiger partial charge in [0.25, 0.3) is 0 Å². The zero-order chi connectivity index (χ0) is 18.4. The topological polar surface area (TPSA) is 58.6 Å². The molecule has 0 aliphatic carbocycles. The standard InChI is InChI=1S/C19H27BrN2O3/c1-4-13(3)19(24)22-10-6-7-14(12-22)18(23)21-16-11-15(20)8-9-17(16)25-5-2/h8-9,11,13-14H,4-7,10,12H2,1-3H3,(H,21,23). The van der Waals surface area contributed by atoms with Crippen LogP contribution in [0.15, 0.2) is 22.7 Å². The van der Waals surface area contributed by atoms with Crippen LogP contribution in [-0.2, 0) is 9.59 Å². The highest BCUT2D eigenvalue weighted by Gasteiger charge is 2.30. The first-order chi connectivity index (χ1) is 12.0. The fourth-order valence-electron chi connectivity index (χ4n) is 2.99. The van der Waals surface area contributed by atoms with E-state index in [-0.39, 0.29) is 23.7 Å². The second kappa shape index (κ2) is 9.22. The van der Waals surface area contributed by atoms with Gasteiger partial charge in [-0.1, -0.05) is 29.8 Å². The van der Waals surface area contributed by atoms with Crippen molar-refractivity contribution in [3.63, 3.8) is 0 Å². The van der Waals surface area contributed by atoms with Crippen molar-refractivity contribution in [2.75, 3.05) is 25.0 Å². The molecule has 25 heavy (non-hydrogen) atoms. The summed E-state index contributed by atoms with van der Waals surface area (Å²) in [6.07, 6.45) is 2.48. The van der Waals surface area contributed by atoms with E-state index >= 15 is 0 Å². The predicted octanol–water partition coefficient (Wildman–Crippen LogP) is 4.07. The number of rotatable bonds is 6. The maximum Gasteiger partial charge on any atom is 0.229 e. The summed E-state index contributed by atoms with van der Waals surface area (Å²) in [6, 6.07) is 5.56. The quantitative estimate of drug-likeness (QED) is 0.768. The molecule has 6 heteroatoms. The Morgan fingerprint density at radius 2 is 2.16 bits per heavy atom. The number of halogens is 1. The Hall–Kier alpha value is -1.56. The maximum absolute atomic E-state index is 12.7. The van der Waals surface area contributed by atoms with Crippen LogP contribution in [0.4, 0.5) is 5.69 Å². The zero-order valence-corrected chi connectivity index (χ0v) is 16.8. The van der Waals surface area contributed by atoms with Crippen LogP contribution in [0.3, 0.4) is 0 Å². The van der Waals surface area contributed by atoms with Gasteiger partial charge in [-0.3, -0.25) is 9.59 Å². The van der Waals surface area contributed by atoms with Gasteiger partial charge >= 0.3 is 0 Å². The first-order valence-electron chi connectivity index (χ1n) is 8.98. The van der Waals surface area contributed by atoms with E-state index in [2.05, 4.69) is 21.2 Å². The van der Waals surface area contributed by atoms with Gasteiger partial charge in [-0.05, 0) is 44.4 Å². The molecule has 2 rings (SSSR count). The van der Waals surface area contributed by atoms with Crippen molar-refractivity contribution in [3.05, 3.63) is 22.7 Å². The summed E-state index contributed by atoms with van der Waals surface area (Å²) in [5, 5.41) is 2.98. The number of nitrogens with zero attached hydrogens (tertiary/aromatic N) is 1. The molecule has 5 nitrogen and oxygen atoms in total. The average Bonchev–Trinajstić information content (AvgIpc) is 2.62. The fraction of sp³-hybridized carbons (Fsp3) is 0.579. The molecular weight excluding hydrogens is 384 g/mol. The van der Waals surface area contributed by atoms with Gasteiger partial charge in [0, 0.05) is 23.5 Å². The number of carbonyl (C=O) groups excluding carboxylic acids is 2. The molecule has 1 fully saturated rings. The minimum Gasteiger partial charge on any atom is -0.492 e. The molecule has 1 aliphatic heterocycles. The molecule has 1 N–H and O–H groups in total. The number of benzene rings is 1. The molecule has 1 heterocycles. The summed E-state index contributed by atoms with van der Waals surface area (Å²) in [6.45, 7) is 7.64. The van der Waals surface area contributed by atoms with Gasteiger partial charge in [0.15, 0.2) is 0 Å².